The first-order valence-electron chi connectivity index (χ1n) is 11.3. The molecule has 0 bridgehead atoms. The van der Waals surface area contributed by atoms with Crippen LogP contribution in [0.2, 0.25) is 0 Å². The van der Waals surface area contributed by atoms with Crippen LogP contribution >= 0.6 is 0 Å². The van der Waals surface area contributed by atoms with Gasteiger partial charge in [0.25, 0.3) is 0 Å². The first-order valence-corrected chi connectivity index (χ1v) is 11.3. The standard InChI is InChI=1S/C24H34F3N3O2/c1-18(28)22(31)29-21(15-14-19-9-4-2-5-10-19)13-8-16-30(23(32)24(25,26)27)17-20-11-6-3-7-12-20/h2,4-5,8-10,13,18,20-21H,3,6-7,11-12,14-17,28H2,1H3,(H,29,31)/b13-8+/t18-,21+/m0/s1. The number of alkyl halides is 3. The van der Waals surface area contributed by atoms with E-state index < -0.39 is 24.2 Å². The van der Waals surface area contributed by atoms with Crippen molar-refractivity contribution in [2.75, 3.05) is 13.1 Å². The Kier molecular flexibility index (Phi) is 10.2. The normalized spacial score (nSPS) is 17.2. The van der Waals surface area contributed by atoms with Gasteiger partial charge in [-0.1, -0.05) is 61.7 Å². The Hall–Kier alpha value is -2.35. The molecule has 0 heterocycles. The van der Waals surface area contributed by atoms with Gasteiger partial charge in [0, 0.05) is 19.1 Å². The maximum Gasteiger partial charge on any atom is 0.471 e. The van der Waals surface area contributed by atoms with Crippen LogP contribution in [0.3, 0.4) is 0 Å². The number of carbonyl (C=O) groups is 2. The van der Waals surface area contributed by atoms with E-state index in [0.29, 0.717) is 12.8 Å². The Morgan fingerprint density at radius 2 is 1.84 bits per heavy atom. The minimum Gasteiger partial charge on any atom is -0.349 e. The summed E-state index contributed by atoms with van der Waals surface area (Å²) in [6.45, 7) is 1.52. The van der Waals surface area contributed by atoms with Gasteiger partial charge in [0.2, 0.25) is 5.91 Å². The topological polar surface area (TPSA) is 75.4 Å². The van der Waals surface area contributed by atoms with Gasteiger partial charge < -0.3 is 16.0 Å². The van der Waals surface area contributed by atoms with Gasteiger partial charge in [0.15, 0.2) is 0 Å². The molecule has 1 fully saturated rings. The van der Waals surface area contributed by atoms with Crippen LogP contribution in [0.5, 0.6) is 0 Å². The van der Waals surface area contributed by atoms with E-state index in [2.05, 4.69) is 5.32 Å². The minimum atomic E-state index is -4.90. The first kappa shape index (κ1) is 25.9. The third-order valence-corrected chi connectivity index (χ3v) is 5.76. The first-order chi connectivity index (χ1) is 15.2. The van der Waals surface area contributed by atoms with Crippen LogP contribution in [0.25, 0.3) is 0 Å². The summed E-state index contributed by atoms with van der Waals surface area (Å²) in [6, 6.07) is 8.61. The van der Waals surface area contributed by atoms with Crippen LogP contribution < -0.4 is 11.1 Å². The molecule has 1 aliphatic carbocycles. The van der Waals surface area contributed by atoms with Crippen LogP contribution in [-0.4, -0.2) is 48.1 Å². The number of nitrogens with one attached hydrogen (secondary N) is 1. The zero-order chi connectivity index (χ0) is 23.6. The molecule has 0 spiro atoms. The van der Waals surface area contributed by atoms with Crippen molar-refractivity contribution in [3.8, 4) is 0 Å². The zero-order valence-corrected chi connectivity index (χ0v) is 18.6. The van der Waals surface area contributed by atoms with E-state index in [-0.39, 0.29) is 24.9 Å². The van der Waals surface area contributed by atoms with Gasteiger partial charge in [-0.25, -0.2) is 0 Å². The molecule has 0 radical (unpaired) electrons. The molecule has 2 amide bonds. The lowest BCUT2D eigenvalue weighted by molar-refractivity contribution is -0.185. The molecule has 3 N–H and O–H groups in total. The molecule has 1 aromatic rings. The predicted octanol–water partition coefficient (Wildman–Crippen LogP) is 3.98. The summed E-state index contributed by atoms with van der Waals surface area (Å²) >= 11 is 0. The van der Waals surface area contributed by atoms with Crippen molar-refractivity contribution >= 4 is 11.8 Å². The quantitative estimate of drug-likeness (QED) is 0.526. The van der Waals surface area contributed by atoms with Crippen LogP contribution in [-0.2, 0) is 16.0 Å². The fourth-order valence-electron chi connectivity index (χ4n) is 3.95. The van der Waals surface area contributed by atoms with Gasteiger partial charge in [-0.15, -0.1) is 0 Å². The lowest BCUT2D eigenvalue weighted by atomic mass is 9.89. The van der Waals surface area contributed by atoms with Gasteiger partial charge in [-0.05, 0) is 44.1 Å². The van der Waals surface area contributed by atoms with Crippen molar-refractivity contribution in [2.45, 2.75) is 70.1 Å². The Morgan fingerprint density at radius 3 is 2.44 bits per heavy atom. The van der Waals surface area contributed by atoms with Gasteiger partial charge in [-0.3, -0.25) is 9.59 Å². The highest BCUT2D eigenvalue weighted by Crippen LogP contribution is 2.26. The molecule has 5 nitrogen and oxygen atoms in total. The second-order valence-corrected chi connectivity index (χ2v) is 8.57. The fraction of sp³-hybridized carbons (Fsp3) is 0.583. The molecule has 1 aliphatic rings. The number of hydrogen-bond donors (Lipinski definition) is 2. The highest BCUT2D eigenvalue weighted by molar-refractivity contribution is 5.82. The van der Waals surface area contributed by atoms with Gasteiger partial charge in [0.05, 0.1) is 6.04 Å². The number of halogens is 3. The number of amides is 2. The van der Waals surface area contributed by atoms with E-state index in [4.69, 9.17) is 5.73 Å². The Labute approximate surface area is 188 Å². The number of benzene rings is 1. The lowest BCUT2D eigenvalue weighted by Gasteiger charge is -2.29. The second-order valence-electron chi connectivity index (χ2n) is 8.57. The maximum atomic E-state index is 13.1. The molecule has 0 saturated heterocycles. The molecule has 1 aromatic carbocycles. The third-order valence-electron chi connectivity index (χ3n) is 5.76. The summed E-state index contributed by atoms with van der Waals surface area (Å²) in [7, 11) is 0. The summed E-state index contributed by atoms with van der Waals surface area (Å²) in [5.41, 5.74) is 6.74. The van der Waals surface area contributed by atoms with Crippen molar-refractivity contribution in [1.29, 1.82) is 0 Å². The fourth-order valence-corrected chi connectivity index (χ4v) is 3.95. The summed E-state index contributed by atoms with van der Waals surface area (Å²) in [6.07, 6.45) is 4.30. The SMILES string of the molecule is C[C@H](N)C(=O)N[C@H](/C=C/CN(CC1CCCCC1)C(=O)C(F)(F)F)CCc1ccccc1. The lowest BCUT2D eigenvalue weighted by Crippen LogP contribution is -2.44. The van der Waals surface area contributed by atoms with Crippen molar-refractivity contribution in [2.24, 2.45) is 11.7 Å². The van der Waals surface area contributed by atoms with Crippen LogP contribution in [0.15, 0.2) is 42.5 Å². The number of aryl methyl sites for hydroxylation is 1. The molecule has 32 heavy (non-hydrogen) atoms. The van der Waals surface area contributed by atoms with E-state index in [0.717, 1.165) is 42.6 Å². The molecule has 2 atom stereocenters. The van der Waals surface area contributed by atoms with Gasteiger partial charge in [0.1, 0.15) is 0 Å². The van der Waals surface area contributed by atoms with E-state index in [1.807, 2.05) is 30.3 Å². The van der Waals surface area contributed by atoms with E-state index in [1.165, 1.54) is 0 Å². The predicted molar refractivity (Wildman–Crippen MR) is 119 cm³/mol. The molecule has 8 heteroatoms. The van der Waals surface area contributed by atoms with Gasteiger partial charge >= 0.3 is 12.1 Å². The average Bonchev–Trinajstić information content (AvgIpc) is 2.76. The smallest absolute Gasteiger partial charge is 0.349 e. The number of rotatable bonds is 10. The van der Waals surface area contributed by atoms with Crippen molar-refractivity contribution < 1.29 is 22.8 Å². The molecular formula is C24H34F3N3O2. The Bertz CT molecular complexity index is 745. The van der Waals surface area contributed by atoms with E-state index in [9.17, 15) is 22.8 Å². The zero-order valence-electron chi connectivity index (χ0n) is 18.6. The largest absolute Gasteiger partial charge is 0.471 e. The second kappa shape index (κ2) is 12.6. The number of nitrogens with two attached hydrogens (primary N) is 1. The number of hydrogen-bond acceptors (Lipinski definition) is 3. The molecule has 1 saturated carbocycles. The third kappa shape index (κ3) is 9.02. The summed E-state index contributed by atoms with van der Waals surface area (Å²) < 4.78 is 39.4. The van der Waals surface area contributed by atoms with E-state index >= 15 is 0 Å². The molecule has 0 unspecified atom stereocenters. The van der Waals surface area contributed by atoms with Gasteiger partial charge in [-0.2, -0.15) is 13.2 Å². The van der Waals surface area contributed by atoms with Crippen molar-refractivity contribution in [3.63, 3.8) is 0 Å². The number of nitrogens with zero attached hydrogens (tertiary/aromatic N) is 1. The number of carbonyl (C=O) groups excluding carboxylic acids is 2. The Balaban J connectivity index is 2.05. The molecule has 0 aromatic heterocycles. The molecule has 0 aliphatic heterocycles. The van der Waals surface area contributed by atoms with E-state index in [1.54, 1.807) is 19.1 Å². The highest BCUT2D eigenvalue weighted by atomic mass is 19.4. The monoisotopic (exact) mass is 453 g/mol. The average molecular weight is 454 g/mol. The molecular weight excluding hydrogens is 419 g/mol. The van der Waals surface area contributed by atoms with Crippen molar-refractivity contribution in [1.82, 2.24) is 10.2 Å². The summed E-state index contributed by atoms with van der Waals surface area (Å²) in [5.74, 6) is -2.05. The summed E-state index contributed by atoms with van der Waals surface area (Å²) in [5, 5.41) is 2.82. The summed E-state index contributed by atoms with van der Waals surface area (Å²) in [4.78, 5) is 24.9. The van der Waals surface area contributed by atoms with Crippen LogP contribution in [0.4, 0.5) is 13.2 Å². The highest BCUT2D eigenvalue weighted by Gasteiger charge is 2.42. The maximum absolute atomic E-state index is 13.1. The Morgan fingerprint density at radius 1 is 1.19 bits per heavy atom. The van der Waals surface area contributed by atoms with Crippen molar-refractivity contribution in [3.05, 3.63) is 48.0 Å². The molecule has 178 valence electrons. The van der Waals surface area contributed by atoms with Crippen LogP contribution in [0, 0.1) is 5.92 Å². The van der Waals surface area contributed by atoms with Crippen LogP contribution in [0.1, 0.15) is 51.0 Å². The molecule has 2 rings (SSSR count). The minimum absolute atomic E-state index is 0.0927.